The zero-order chi connectivity index (χ0) is 9.90. The third-order valence-corrected chi connectivity index (χ3v) is 2.52. The van der Waals surface area contributed by atoms with Gasteiger partial charge in [0.15, 0.2) is 0 Å². The van der Waals surface area contributed by atoms with Crippen molar-refractivity contribution in [3.63, 3.8) is 0 Å². The molecule has 4 nitrogen and oxygen atoms in total. The van der Waals surface area contributed by atoms with Crippen molar-refractivity contribution in [3.05, 3.63) is 0 Å². The van der Waals surface area contributed by atoms with E-state index in [-0.39, 0.29) is 5.91 Å². The fraction of sp³-hybridized carbons (Fsp3) is 0.889. The summed E-state index contributed by atoms with van der Waals surface area (Å²) in [7, 11) is 1.59. The Morgan fingerprint density at radius 1 is 1.69 bits per heavy atom. The highest BCUT2D eigenvalue weighted by atomic mass is 16.5. The summed E-state index contributed by atoms with van der Waals surface area (Å²) < 4.78 is 5.02. The van der Waals surface area contributed by atoms with E-state index in [9.17, 15) is 4.79 Å². The molecule has 0 saturated heterocycles. The Bertz CT molecular complexity index is 192. The van der Waals surface area contributed by atoms with Gasteiger partial charge in [-0.05, 0) is 19.3 Å². The molecule has 1 aliphatic rings. The van der Waals surface area contributed by atoms with Gasteiger partial charge in [0.2, 0.25) is 5.91 Å². The third kappa shape index (κ3) is 2.42. The Balaban J connectivity index is 2.61. The second-order valence-electron chi connectivity index (χ2n) is 3.65. The summed E-state index contributed by atoms with van der Waals surface area (Å²) >= 11 is 0. The van der Waals surface area contributed by atoms with Crippen molar-refractivity contribution in [1.82, 2.24) is 5.32 Å². The van der Waals surface area contributed by atoms with E-state index in [1.807, 2.05) is 6.92 Å². The molecule has 1 atom stereocenters. The van der Waals surface area contributed by atoms with E-state index in [0.29, 0.717) is 19.1 Å². The Labute approximate surface area is 78.8 Å². The number of hydrogen-bond acceptors (Lipinski definition) is 3. The molecule has 13 heavy (non-hydrogen) atoms. The summed E-state index contributed by atoms with van der Waals surface area (Å²) in [6.45, 7) is 2.30. The van der Waals surface area contributed by atoms with Gasteiger partial charge in [-0.25, -0.2) is 0 Å². The minimum Gasteiger partial charge on any atom is -0.382 e. The highest BCUT2D eigenvalue weighted by molar-refractivity contribution is 5.84. The molecule has 0 heterocycles. The molecule has 1 unspecified atom stereocenters. The standard InChI is InChI=1S/C9H18N2O2/c1-3-9(6-13-2,8(10)12)11-7-4-5-7/h7,11H,3-6H2,1-2H3,(H2,10,12). The molecule has 1 rings (SSSR count). The Hall–Kier alpha value is -0.610. The van der Waals surface area contributed by atoms with Gasteiger partial charge in [0.05, 0.1) is 6.61 Å². The number of carbonyl (C=O) groups is 1. The van der Waals surface area contributed by atoms with Gasteiger partial charge in [0, 0.05) is 13.2 Å². The van der Waals surface area contributed by atoms with E-state index >= 15 is 0 Å². The van der Waals surface area contributed by atoms with Crippen LogP contribution in [0.2, 0.25) is 0 Å². The first-order valence-electron chi connectivity index (χ1n) is 4.71. The van der Waals surface area contributed by atoms with Crippen molar-refractivity contribution >= 4 is 5.91 Å². The Kier molecular flexibility index (Phi) is 3.27. The lowest BCUT2D eigenvalue weighted by Crippen LogP contribution is -2.58. The second-order valence-corrected chi connectivity index (χ2v) is 3.65. The summed E-state index contributed by atoms with van der Waals surface area (Å²) in [6, 6.07) is 0.461. The lowest BCUT2D eigenvalue weighted by molar-refractivity contribution is -0.127. The lowest BCUT2D eigenvalue weighted by atomic mass is 9.96. The molecule has 4 heteroatoms. The van der Waals surface area contributed by atoms with Crippen LogP contribution in [0.15, 0.2) is 0 Å². The van der Waals surface area contributed by atoms with Crippen LogP contribution in [0.3, 0.4) is 0 Å². The minimum atomic E-state index is -0.657. The zero-order valence-corrected chi connectivity index (χ0v) is 8.30. The normalized spacial score (nSPS) is 21.1. The average molecular weight is 186 g/mol. The number of carbonyl (C=O) groups excluding carboxylic acids is 1. The number of methoxy groups -OCH3 is 1. The fourth-order valence-corrected chi connectivity index (χ4v) is 1.43. The second kappa shape index (κ2) is 4.07. The van der Waals surface area contributed by atoms with Crippen LogP contribution in [-0.4, -0.2) is 31.2 Å². The van der Waals surface area contributed by atoms with E-state index in [4.69, 9.17) is 10.5 Å². The molecule has 0 aliphatic heterocycles. The molecule has 0 radical (unpaired) electrons. The Morgan fingerprint density at radius 2 is 2.31 bits per heavy atom. The monoisotopic (exact) mass is 186 g/mol. The van der Waals surface area contributed by atoms with Crippen molar-refractivity contribution in [3.8, 4) is 0 Å². The van der Waals surface area contributed by atoms with Crippen LogP contribution in [-0.2, 0) is 9.53 Å². The van der Waals surface area contributed by atoms with Gasteiger partial charge in [0.1, 0.15) is 5.54 Å². The van der Waals surface area contributed by atoms with Crippen LogP contribution in [0.4, 0.5) is 0 Å². The molecule has 1 fully saturated rings. The van der Waals surface area contributed by atoms with E-state index < -0.39 is 5.54 Å². The van der Waals surface area contributed by atoms with Gasteiger partial charge in [0.25, 0.3) is 0 Å². The first-order chi connectivity index (χ1) is 6.14. The summed E-state index contributed by atoms with van der Waals surface area (Å²) in [5.41, 5.74) is 4.71. The lowest BCUT2D eigenvalue weighted by Gasteiger charge is -2.29. The highest BCUT2D eigenvalue weighted by Gasteiger charge is 2.39. The highest BCUT2D eigenvalue weighted by Crippen LogP contribution is 2.24. The molecule has 1 saturated carbocycles. The van der Waals surface area contributed by atoms with Gasteiger partial charge < -0.3 is 10.5 Å². The largest absolute Gasteiger partial charge is 0.382 e. The van der Waals surface area contributed by atoms with E-state index in [0.717, 1.165) is 12.8 Å². The molecular weight excluding hydrogens is 168 g/mol. The van der Waals surface area contributed by atoms with E-state index in [1.54, 1.807) is 7.11 Å². The van der Waals surface area contributed by atoms with E-state index in [2.05, 4.69) is 5.32 Å². The van der Waals surface area contributed by atoms with Crippen LogP contribution in [0, 0.1) is 0 Å². The summed E-state index contributed by atoms with van der Waals surface area (Å²) in [6.07, 6.45) is 2.95. The van der Waals surface area contributed by atoms with Crippen molar-refractivity contribution < 1.29 is 9.53 Å². The van der Waals surface area contributed by atoms with Crippen molar-refractivity contribution in [1.29, 1.82) is 0 Å². The molecule has 1 amide bonds. The average Bonchev–Trinajstić information content (AvgIpc) is 2.87. The van der Waals surface area contributed by atoms with Crippen LogP contribution in [0.1, 0.15) is 26.2 Å². The van der Waals surface area contributed by atoms with Gasteiger partial charge in [-0.2, -0.15) is 0 Å². The number of primary amides is 1. The minimum absolute atomic E-state index is 0.316. The smallest absolute Gasteiger partial charge is 0.240 e. The molecule has 0 aromatic heterocycles. The number of ether oxygens (including phenoxy) is 1. The van der Waals surface area contributed by atoms with Gasteiger partial charge >= 0.3 is 0 Å². The molecule has 0 aromatic carbocycles. The number of rotatable bonds is 6. The van der Waals surface area contributed by atoms with Gasteiger partial charge in [-0.15, -0.1) is 0 Å². The third-order valence-electron chi connectivity index (χ3n) is 2.52. The predicted octanol–water partition coefficient (Wildman–Crippen LogP) is 0.0189. The quantitative estimate of drug-likeness (QED) is 0.614. The SMILES string of the molecule is CCC(COC)(NC1CC1)C(N)=O. The van der Waals surface area contributed by atoms with Crippen molar-refractivity contribution in [2.45, 2.75) is 37.8 Å². The molecular formula is C9H18N2O2. The predicted molar refractivity (Wildman–Crippen MR) is 50.3 cm³/mol. The maximum Gasteiger partial charge on any atom is 0.240 e. The molecule has 0 spiro atoms. The Morgan fingerprint density at radius 3 is 2.62 bits per heavy atom. The topological polar surface area (TPSA) is 64.3 Å². The molecule has 1 aliphatic carbocycles. The summed E-state index contributed by atoms with van der Waals surface area (Å²) in [5.74, 6) is -0.316. The number of nitrogens with two attached hydrogens (primary N) is 1. The molecule has 3 N–H and O–H groups in total. The van der Waals surface area contributed by atoms with Crippen molar-refractivity contribution in [2.75, 3.05) is 13.7 Å². The van der Waals surface area contributed by atoms with Gasteiger partial charge in [-0.1, -0.05) is 6.92 Å². The van der Waals surface area contributed by atoms with Crippen LogP contribution in [0.5, 0.6) is 0 Å². The first-order valence-corrected chi connectivity index (χ1v) is 4.71. The summed E-state index contributed by atoms with van der Waals surface area (Å²) in [4.78, 5) is 11.3. The first kappa shape index (κ1) is 10.5. The van der Waals surface area contributed by atoms with Crippen LogP contribution in [0.25, 0.3) is 0 Å². The van der Waals surface area contributed by atoms with Gasteiger partial charge in [-0.3, -0.25) is 10.1 Å². The maximum absolute atomic E-state index is 11.3. The fourth-order valence-electron chi connectivity index (χ4n) is 1.43. The van der Waals surface area contributed by atoms with Crippen LogP contribution < -0.4 is 11.1 Å². The zero-order valence-electron chi connectivity index (χ0n) is 8.30. The summed E-state index contributed by atoms with van der Waals surface area (Å²) in [5, 5.41) is 3.25. The van der Waals surface area contributed by atoms with Crippen LogP contribution >= 0.6 is 0 Å². The number of amides is 1. The van der Waals surface area contributed by atoms with E-state index in [1.165, 1.54) is 0 Å². The molecule has 0 bridgehead atoms. The van der Waals surface area contributed by atoms with Crippen molar-refractivity contribution in [2.24, 2.45) is 5.73 Å². The molecule has 76 valence electrons. The maximum atomic E-state index is 11.3. The number of nitrogens with one attached hydrogen (secondary N) is 1. The number of hydrogen-bond donors (Lipinski definition) is 2. The molecule has 0 aromatic rings.